The predicted molar refractivity (Wildman–Crippen MR) is 227 cm³/mol. The van der Waals surface area contributed by atoms with Crippen LogP contribution in [0.1, 0.15) is 0 Å². The van der Waals surface area contributed by atoms with Crippen molar-refractivity contribution in [1.82, 2.24) is 0 Å². The van der Waals surface area contributed by atoms with E-state index in [-0.39, 0.29) is 0 Å². The summed E-state index contributed by atoms with van der Waals surface area (Å²) in [6.07, 6.45) is 0. The number of thiophene rings is 1. The van der Waals surface area contributed by atoms with Gasteiger partial charge in [0, 0.05) is 42.3 Å². The van der Waals surface area contributed by atoms with Gasteiger partial charge in [-0.1, -0.05) is 127 Å². The number of nitrogens with zero attached hydrogens (tertiary/aromatic N) is 1. The Morgan fingerprint density at radius 3 is 1.96 bits per heavy atom. The largest absolute Gasteiger partial charge is 0.455 e. The highest BCUT2D eigenvalue weighted by molar-refractivity contribution is 7.25. The molecular formula is C50H31NOS. The first kappa shape index (κ1) is 30.0. The molecule has 0 bridgehead atoms. The summed E-state index contributed by atoms with van der Waals surface area (Å²) in [5.74, 6) is 0. The van der Waals surface area contributed by atoms with Gasteiger partial charge in [-0.15, -0.1) is 11.3 Å². The topological polar surface area (TPSA) is 16.4 Å². The molecule has 9 aromatic carbocycles. The first-order valence-corrected chi connectivity index (χ1v) is 18.8. The predicted octanol–water partition coefficient (Wildman–Crippen LogP) is 15.1. The maximum absolute atomic E-state index is 6.67. The van der Waals surface area contributed by atoms with E-state index in [0.717, 1.165) is 44.4 Å². The molecule has 0 saturated carbocycles. The summed E-state index contributed by atoms with van der Waals surface area (Å²) in [7, 11) is 0. The second kappa shape index (κ2) is 11.9. The Balaban J connectivity index is 1.09. The van der Waals surface area contributed by atoms with Crippen molar-refractivity contribution in [2.24, 2.45) is 0 Å². The van der Waals surface area contributed by atoms with E-state index in [0.29, 0.717) is 0 Å². The summed E-state index contributed by atoms with van der Waals surface area (Å²) in [6, 6.07) is 68.0. The Hall–Kier alpha value is -6.68. The quantitative estimate of drug-likeness (QED) is 0.178. The van der Waals surface area contributed by atoms with Crippen LogP contribution in [-0.4, -0.2) is 0 Å². The van der Waals surface area contributed by atoms with E-state index < -0.39 is 0 Å². The third-order valence-electron chi connectivity index (χ3n) is 10.6. The second-order valence-electron chi connectivity index (χ2n) is 13.7. The minimum Gasteiger partial charge on any atom is -0.455 e. The van der Waals surface area contributed by atoms with Gasteiger partial charge in [-0.2, -0.15) is 0 Å². The molecule has 0 spiro atoms. The maximum atomic E-state index is 6.67. The van der Waals surface area contributed by atoms with Gasteiger partial charge in [0.25, 0.3) is 0 Å². The number of hydrogen-bond donors (Lipinski definition) is 0. The molecule has 0 N–H and O–H groups in total. The van der Waals surface area contributed by atoms with Crippen LogP contribution in [0.25, 0.3) is 85.9 Å². The molecule has 0 amide bonds. The maximum Gasteiger partial charge on any atom is 0.143 e. The molecule has 2 heterocycles. The molecule has 11 rings (SSSR count). The fourth-order valence-electron chi connectivity index (χ4n) is 8.15. The van der Waals surface area contributed by atoms with Crippen molar-refractivity contribution in [2.45, 2.75) is 0 Å². The van der Waals surface area contributed by atoms with Crippen LogP contribution in [0.5, 0.6) is 0 Å². The summed E-state index contributed by atoms with van der Waals surface area (Å²) in [6.45, 7) is 0. The molecule has 0 aliphatic carbocycles. The minimum absolute atomic E-state index is 0.878. The summed E-state index contributed by atoms with van der Waals surface area (Å²) in [5, 5.41) is 9.59. The Labute approximate surface area is 310 Å². The Kier molecular flexibility index (Phi) is 6.76. The Morgan fingerprint density at radius 1 is 0.396 bits per heavy atom. The average molecular weight is 694 g/mol. The van der Waals surface area contributed by atoms with Crippen molar-refractivity contribution in [2.75, 3.05) is 4.90 Å². The van der Waals surface area contributed by atoms with Crippen LogP contribution >= 0.6 is 11.3 Å². The van der Waals surface area contributed by atoms with Gasteiger partial charge in [-0.25, -0.2) is 0 Å². The number of anilines is 3. The van der Waals surface area contributed by atoms with Gasteiger partial charge < -0.3 is 9.32 Å². The molecule has 0 saturated heterocycles. The van der Waals surface area contributed by atoms with E-state index in [1.54, 1.807) is 0 Å². The van der Waals surface area contributed by atoms with Crippen LogP contribution in [0.4, 0.5) is 17.1 Å². The van der Waals surface area contributed by atoms with Crippen molar-refractivity contribution < 1.29 is 4.42 Å². The molecule has 0 unspecified atom stereocenters. The van der Waals surface area contributed by atoms with Gasteiger partial charge in [0.1, 0.15) is 11.2 Å². The molecule has 248 valence electrons. The van der Waals surface area contributed by atoms with Crippen LogP contribution in [0.15, 0.2) is 192 Å². The lowest BCUT2D eigenvalue weighted by Gasteiger charge is -2.26. The molecule has 2 aromatic heterocycles. The third-order valence-corrected chi connectivity index (χ3v) is 11.8. The van der Waals surface area contributed by atoms with Crippen LogP contribution in [0.2, 0.25) is 0 Å². The van der Waals surface area contributed by atoms with Crippen molar-refractivity contribution in [3.05, 3.63) is 188 Å². The van der Waals surface area contributed by atoms with Crippen LogP contribution in [0, 0.1) is 0 Å². The zero-order valence-corrected chi connectivity index (χ0v) is 29.5. The normalized spacial score (nSPS) is 11.8. The van der Waals surface area contributed by atoms with Gasteiger partial charge in [-0.3, -0.25) is 0 Å². The lowest BCUT2D eigenvalue weighted by atomic mass is 9.95. The van der Waals surface area contributed by atoms with Crippen molar-refractivity contribution in [3.63, 3.8) is 0 Å². The summed E-state index contributed by atoms with van der Waals surface area (Å²) in [4.78, 5) is 2.40. The van der Waals surface area contributed by atoms with E-state index in [9.17, 15) is 0 Å². The van der Waals surface area contributed by atoms with Gasteiger partial charge in [0.15, 0.2) is 0 Å². The van der Waals surface area contributed by atoms with E-state index in [1.165, 1.54) is 58.6 Å². The monoisotopic (exact) mass is 693 g/mol. The van der Waals surface area contributed by atoms with E-state index in [1.807, 2.05) is 11.3 Å². The number of benzene rings is 9. The molecule has 0 aliphatic heterocycles. The van der Waals surface area contributed by atoms with Crippen LogP contribution in [-0.2, 0) is 0 Å². The standard InChI is InChI=1S/C50H31NOS/c1-3-15-39-33(10-1)12-8-18-40(39)36-14-7-13-35(30-36)32-22-25-37(26-23-32)51(38-27-29-48-44(31-38)42-17-5-6-21-47(42)53-48)45-19-9-20-46-49(45)43-28-24-34-11-2-4-16-41(34)50(43)52-46/h1-31H. The minimum atomic E-state index is 0.878. The SMILES string of the molecule is c1cc(-c2ccc(N(c3ccc4sc5ccccc5c4c3)c3cccc4oc5c6ccccc6ccc5c34)cc2)cc(-c2cccc3ccccc23)c1. The number of fused-ring (bicyclic) bond motifs is 9. The molecule has 3 heteroatoms. The van der Waals surface area contributed by atoms with E-state index in [2.05, 4.69) is 193 Å². The first-order chi connectivity index (χ1) is 26.3. The van der Waals surface area contributed by atoms with Crippen molar-refractivity contribution in [3.8, 4) is 22.3 Å². The lowest BCUT2D eigenvalue weighted by Crippen LogP contribution is -2.10. The van der Waals surface area contributed by atoms with Gasteiger partial charge in [0.2, 0.25) is 0 Å². The summed E-state index contributed by atoms with van der Waals surface area (Å²) < 4.78 is 9.26. The van der Waals surface area contributed by atoms with E-state index >= 15 is 0 Å². The highest BCUT2D eigenvalue weighted by Gasteiger charge is 2.21. The Morgan fingerprint density at radius 2 is 1.08 bits per heavy atom. The van der Waals surface area contributed by atoms with Gasteiger partial charge >= 0.3 is 0 Å². The molecule has 2 nitrogen and oxygen atoms in total. The number of furan rings is 1. The second-order valence-corrected chi connectivity index (χ2v) is 14.8. The Bertz CT molecular complexity index is 3180. The number of hydrogen-bond acceptors (Lipinski definition) is 3. The molecule has 11 aromatic rings. The van der Waals surface area contributed by atoms with Gasteiger partial charge in [-0.05, 0) is 99.1 Å². The zero-order chi connectivity index (χ0) is 34.9. The highest BCUT2D eigenvalue weighted by Crippen LogP contribution is 2.46. The average Bonchev–Trinajstić information content (AvgIpc) is 3.80. The molecule has 53 heavy (non-hydrogen) atoms. The lowest BCUT2D eigenvalue weighted by molar-refractivity contribution is 0.672. The first-order valence-electron chi connectivity index (χ1n) is 18.0. The van der Waals surface area contributed by atoms with Crippen molar-refractivity contribution in [1.29, 1.82) is 0 Å². The summed E-state index contributed by atoms with van der Waals surface area (Å²) >= 11 is 1.85. The number of rotatable bonds is 5. The smallest absolute Gasteiger partial charge is 0.143 e. The zero-order valence-electron chi connectivity index (χ0n) is 28.7. The van der Waals surface area contributed by atoms with Crippen LogP contribution < -0.4 is 4.90 Å². The third kappa shape index (κ3) is 4.86. The highest BCUT2D eigenvalue weighted by atomic mass is 32.1. The van der Waals surface area contributed by atoms with Crippen LogP contribution in [0.3, 0.4) is 0 Å². The van der Waals surface area contributed by atoms with Gasteiger partial charge in [0.05, 0.1) is 11.1 Å². The molecule has 0 radical (unpaired) electrons. The molecule has 0 atom stereocenters. The fourth-order valence-corrected chi connectivity index (χ4v) is 9.23. The summed E-state index contributed by atoms with van der Waals surface area (Å²) in [5.41, 5.74) is 9.90. The molecular weight excluding hydrogens is 663 g/mol. The molecule has 0 fully saturated rings. The fraction of sp³-hybridized carbons (Fsp3) is 0. The molecule has 0 aliphatic rings. The van der Waals surface area contributed by atoms with E-state index in [4.69, 9.17) is 4.42 Å². The van der Waals surface area contributed by atoms with Crippen molar-refractivity contribution >= 4 is 92.1 Å².